The van der Waals surface area contributed by atoms with E-state index < -0.39 is 0 Å². The lowest BCUT2D eigenvalue weighted by Gasteiger charge is -2.29. The molecule has 0 radical (unpaired) electrons. The fourth-order valence-corrected chi connectivity index (χ4v) is 2.91. The Morgan fingerprint density at radius 3 is 2.42 bits per heavy atom. The fourth-order valence-electron chi connectivity index (χ4n) is 2.91. The van der Waals surface area contributed by atoms with Gasteiger partial charge in [-0.2, -0.15) is 0 Å². The first-order chi connectivity index (χ1) is 10.8. The van der Waals surface area contributed by atoms with Crippen molar-refractivity contribution in [3.05, 3.63) is 0 Å². The standard InChI is InChI=1S/C17H34N4O2.ClH/c1-17(2,12-18)13-21(3)15(22)10-7-11-19-16(23)20-14-8-5-4-6-9-14;/h14H,4-13,18H2,1-3H3,(H2,19,20,23);1H. The number of carbonyl (C=O) groups is 2. The second-order valence-electron chi connectivity index (χ2n) is 7.46. The highest BCUT2D eigenvalue weighted by Gasteiger charge is 2.21. The van der Waals surface area contributed by atoms with Gasteiger partial charge in [0.05, 0.1) is 0 Å². The van der Waals surface area contributed by atoms with Crippen molar-refractivity contribution in [3.63, 3.8) is 0 Å². The summed E-state index contributed by atoms with van der Waals surface area (Å²) >= 11 is 0. The summed E-state index contributed by atoms with van der Waals surface area (Å²) in [5, 5.41) is 5.85. The van der Waals surface area contributed by atoms with E-state index in [0.717, 1.165) is 12.8 Å². The number of nitrogens with two attached hydrogens (primary N) is 1. The molecule has 1 rings (SSSR count). The summed E-state index contributed by atoms with van der Waals surface area (Å²) in [7, 11) is 1.81. The van der Waals surface area contributed by atoms with E-state index in [1.807, 2.05) is 20.9 Å². The Morgan fingerprint density at radius 1 is 1.21 bits per heavy atom. The summed E-state index contributed by atoms with van der Waals surface area (Å²) in [5.41, 5.74) is 5.63. The van der Waals surface area contributed by atoms with Gasteiger partial charge >= 0.3 is 6.03 Å². The van der Waals surface area contributed by atoms with Crippen LogP contribution in [-0.2, 0) is 4.79 Å². The molecule has 7 heteroatoms. The van der Waals surface area contributed by atoms with Crippen LogP contribution >= 0.6 is 12.4 Å². The topological polar surface area (TPSA) is 87.5 Å². The predicted molar refractivity (Wildman–Crippen MR) is 100 cm³/mol. The molecule has 142 valence electrons. The molecule has 0 aromatic carbocycles. The zero-order chi connectivity index (χ0) is 17.3. The number of hydrogen-bond acceptors (Lipinski definition) is 3. The molecule has 0 heterocycles. The fraction of sp³-hybridized carbons (Fsp3) is 0.882. The van der Waals surface area contributed by atoms with Crippen molar-refractivity contribution in [2.45, 2.75) is 64.8 Å². The first kappa shape index (κ1) is 23.0. The zero-order valence-corrected chi connectivity index (χ0v) is 16.2. The SMILES string of the molecule is CN(CC(C)(C)CN)C(=O)CCCNC(=O)NC1CCCCC1.Cl. The number of halogens is 1. The number of amides is 3. The largest absolute Gasteiger partial charge is 0.345 e. The average Bonchev–Trinajstić information content (AvgIpc) is 2.52. The Bertz CT molecular complexity index is 385. The number of urea groups is 1. The van der Waals surface area contributed by atoms with Crippen molar-refractivity contribution in [1.29, 1.82) is 0 Å². The normalized spacial score (nSPS) is 15.3. The molecule has 0 saturated heterocycles. The minimum Gasteiger partial charge on any atom is -0.345 e. The van der Waals surface area contributed by atoms with Crippen LogP contribution in [0.4, 0.5) is 4.79 Å². The van der Waals surface area contributed by atoms with Crippen molar-refractivity contribution in [3.8, 4) is 0 Å². The number of hydrogen-bond donors (Lipinski definition) is 3. The van der Waals surface area contributed by atoms with Gasteiger partial charge in [0.15, 0.2) is 0 Å². The van der Waals surface area contributed by atoms with Gasteiger partial charge in [-0.05, 0) is 31.2 Å². The molecular weight excluding hydrogens is 328 g/mol. The molecule has 24 heavy (non-hydrogen) atoms. The number of nitrogens with one attached hydrogen (secondary N) is 2. The molecule has 3 amide bonds. The summed E-state index contributed by atoms with van der Waals surface area (Å²) in [6.45, 7) is 5.83. The van der Waals surface area contributed by atoms with E-state index in [2.05, 4.69) is 10.6 Å². The van der Waals surface area contributed by atoms with Gasteiger partial charge in [0, 0.05) is 32.6 Å². The summed E-state index contributed by atoms with van der Waals surface area (Å²) in [4.78, 5) is 25.6. The third-order valence-corrected chi connectivity index (χ3v) is 4.44. The molecule has 0 aromatic rings. The smallest absolute Gasteiger partial charge is 0.315 e. The Hall–Kier alpha value is -1.01. The van der Waals surface area contributed by atoms with Gasteiger partial charge in [0.1, 0.15) is 0 Å². The average molecular weight is 363 g/mol. The van der Waals surface area contributed by atoms with Gasteiger partial charge in [0.25, 0.3) is 0 Å². The van der Waals surface area contributed by atoms with Crippen molar-refractivity contribution < 1.29 is 9.59 Å². The second-order valence-corrected chi connectivity index (χ2v) is 7.46. The Kier molecular flexibility index (Phi) is 11.0. The third-order valence-electron chi connectivity index (χ3n) is 4.44. The van der Waals surface area contributed by atoms with Crippen LogP contribution < -0.4 is 16.4 Å². The summed E-state index contributed by atoms with van der Waals surface area (Å²) in [5.74, 6) is 0.0982. The number of rotatable bonds is 8. The lowest BCUT2D eigenvalue weighted by atomic mass is 9.93. The second kappa shape index (κ2) is 11.5. The molecular formula is C17H35ClN4O2. The molecule has 0 bridgehead atoms. The van der Waals surface area contributed by atoms with Crippen LogP contribution in [0.3, 0.4) is 0 Å². The highest BCUT2D eigenvalue weighted by atomic mass is 35.5. The van der Waals surface area contributed by atoms with Crippen LogP contribution in [0.1, 0.15) is 58.8 Å². The minimum absolute atomic E-state index is 0. The lowest BCUT2D eigenvalue weighted by Crippen LogP contribution is -2.43. The molecule has 0 spiro atoms. The van der Waals surface area contributed by atoms with E-state index in [1.54, 1.807) is 4.90 Å². The lowest BCUT2D eigenvalue weighted by molar-refractivity contribution is -0.131. The van der Waals surface area contributed by atoms with Crippen molar-refractivity contribution in [2.24, 2.45) is 11.1 Å². The molecule has 0 unspecified atom stereocenters. The van der Waals surface area contributed by atoms with E-state index in [9.17, 15) is 9.59 Å². The quantitative estimate of drug-likeness (QED) is 0.579. The van der Waals surface area contributed by atoms with E-state index >= 15 is 0 Å². The molecule has 0 aromatic heterocycles. The molecule has 1 aliphatic rings. The van der Waals surface area contributed by atoms with E-state index in [4.69, 9.17) is 5.73 Å². The van der Waals surface area contributed by atoms with Crippen LogP contribution in [0.5, 0.6) is 0 Å². The molecule has 4 N–H and O–H groups in total. The summed E-state index contributed by atoms with van der Waals surface area (Å²) < 4.78 is 0. The molecule has 1 saturated carbocycles. The van der Waals surface area contributed by atoms with Gasteiger partial charge in [0.2, 0.25) is 5.91 Å². The third kappa shape index (κ3) is 9.33. The number of carbonyl (C=O) groups excluding carboxylic acids is 2. The van der Waals surface area contributed by atoms with Crippen molar-refractivity contribution >= 4 is 24.3 Å². The van der Waals surface area contributed by atoms with Crippen molar-refractivity contribution in [1.82, 2.24) is 15.5 Å². The van der Waals surface area contributed by atoms with Crippen LogP contribution in [0.15, 0.2) is 0 Å². The number of nitrogens with zero attached hydrogens (tertiary/aromatic N) is 1. The van der Waals surface area contributed by atoms with Crippen LogP contribution in [0.2, 0.25) is 0 Å². The maximum Gasteiger partial charge on any atom is 0.315 e. The summed E-state index contributed by atoms with van der Waals surface area (Å²) in [6, 6.07) is 0.206. The van der Waals surface area contributed by atoms with Gasteiger partial charge in [-0.25, -0.2) is 4.79 Å². The Balaban J connectivity index is 0.00000529. The van der Waals surface area contributed by atoms with Gasteiger partial charge in [-0.1, -0.05) is 33.1 Å². The monoisotopic (exact) mass is 362 g/mol. The van der Waals surface area contributed by atoms with E-state index in [-0.39, 0.29) is 29.8 Å². The molecule has 1 fully saturated rings. The van der Waals surface area contributed by atoms with Gasteiger partial charge in [-0.3, -0.25) is 4.79 Å². The van der Waals surface area contributed by atoms with Gasteiger partial charge < -0.3 is 21.3 Å². The first-order valence-corrected chi connectivity index (χ1v) is 8.82. The maximum atomic E-state index is 12.1. The molecule has 1 aliphatic carbocycles. The molecule has 0 aliphatic heterocycles. The van der Waals surface area contributed by atoms with Crippen LogP contribution in [-0.4, -0.2) is 49.6 Å². The first-order valence-electron chi connectivity index (χ1n) is 8.82. The van der Waals surface area contributed by atoms with Gasteiger partial charge in [-0.15, -0.1) is 12.4 Å². The molecule has 6 nitrogen and oxygen atoms in total. The van der Waals surface area contributed by atoms with Crippen LogP contribution in [0.25, 0.3) is 0 Å². The highest BCUT2D eigenvalue weighted by Crippen LogP contribution is 2.17. The van der Waals surface area contributed by atoms with E-state index in [1.165, 1.54) is 19.3 Å². The predicted octanol–water partition coefficient (Wildman–Crippen LogP) is 2.26. The maximum absolute atomic E-state index is 12.1. The summed E-state index contributed by atoms with van der Waals surface area (Å²) in [6.07, 6.45) is 6.93. The zero-order valence-electron chi connectivity index (χ0n) is 15.4. The highest BCUT2D eigenvalue weighted by molar-refractivity contribution is 5.85. The Morgan fingerprint density at radius 2 is 1.83 bits per heavy atom. The van der Waals surface area contributed by atoms with Crippen molar-refractivity contribution in [2.75, 3.05) is 26.7 Å². The Labute approximate surface area is 152 Å². The van der Waals surface area contributed by atoms with Crippen LogP contribution in [0, 0.1) is 5.41 Å². The van der Waals surface area contributed by atoms with E-state index in [0.29, 0.717) is 38.5 Å². The minimum atomic E-state index is -0.109. The molecule has 0 atom stereocenters.